The molecule has 1 fully saturated rings. The Bertz CT molecular complexity index is 834. The van der Waals surface area contributed by atoms with Gasteiger partial charge in [-0.25, -0.2) is 4.98 Å². The highest BCUT2D eigenvalue weighted by molar-refractivity contribution is 6.04. The molecule has 1 unspecified atom stereocenters. The van der Waals surface area contributed by atoms with Crippen molar-refractivity contribution >= 4 is 11.6 Å². The second-order valence-corrected chi connectivity index (χ2v) is 6.79. The Morgan fingerprint density at radius 1 is 1.32 bits per heavy atom. The largest absolute Gasteiger partial charge is 0.382 e. The molecular weight excluding hydrogens is 320 g/mol. The first-order chi connectivity index (χ1) is 12.0. The van der Waals surface area contributed by atoms with Crippen LogP contribution in [0.25, 0.3) is 0 Å². The second kappa shape index (κ2) is 5.70. The molecule has 2 aromatic rings. The minimum absolute atomic E-state index is 0.148. The van der Waals surface area contributed by atoms with E-state index < -0.39 is 11.7 Å². The molecule has 0 saturated carbocycles. The Morgan fingerprint density at radius 3 is 2.68 bits per heavy atom. The lowest BCUT2D eigenvalue weighted by atomic mass is 9.92. The highest BCUT2D eigenvalue weighted by Gasteiger charge is 2.50. The monoisotopic (exact) mass is 340 g/mol. The molecule has 7 heteroatoms. The molecule has 1 aromatic heterocycles. The van der Waals surface area contributed by atoms with E-state index in [1.165, 1.54) is 5.56 Å². The van der Waals surface area contributed by atoms with Gasteiger partial charge in [0.05, 0.1) is 18.8 Å². The van der Waals surface area contributed by atoms with E-state index in [0.717, 1.165) is 11.3 Å². The number of oxime groups is 1. The number of rotatable bonds is 3. The van der Waals surface area contributed by atoms with Crippen LogP contribution in [0.1, 0.15) is 23.4 Å². The number of nitrogens with zero attached hydrogens (tertiary/aromatic N) is 4. The number of carbonyl (C=O) groups is 1. The zero-order valence-corrected chi connectivity index (χ0v) is 14.2. The van der Waals surface area contributed by atoms with E-state index in [2.05, 4.69) is 10.1 Å². The van der Waals surface area contributed by atoms with Gasteiger partial charge in [0, 0.05) is 25.9 Å². The molecule has 0 aliphatic carbocycles. The highest BCUT2D eigenvalue weighted by atomic mass is 16.6. The van der Waals surface area contributed by atoms with E-state index in [1.54, 1.807) is 21.9 Å². The third kappa shape index (κ3) is 2.70. The van der Waals surface area contributed by atoms with Gasteiger partial charge in [0.15, 0.2) is 5.60 Å². The molecule has 1 N–H and O–H groups in total. The van der Waals surface area contributed by atoms with E-state index in [-0.39, 0.29) is 19.0 Å². The number of likely N-dealkylation sites (tertiary alicyclic amines) is 1. The summed E-state index contributed by atoms with van der Waals surface area (Å²) in [4.78, 5) is 23.7. The van der Waals surface area contributed by atoms with Crippen molar-refractivity contribution in [3.05, 3.63) is 53.6 Å². The summed E-state index contributed by atoms with van der Waals surface area (Å²) in [7, 11) is 1.83. The van der Waals surface area contributed by atoms with Crippen molar-refractivity contribution in [1.82, 2.24) is 14.5 Å². The predicted molar refractivity (Wildman–Crippen MR) is 90.9 cm³/mol. The van der Waals surface area contributed by atoms with Crippen molar-refractivity contribution in [2.45, 2.75) is 25.0 Å². The number of β-amino-alcohol motifs (C(OH)–C–C–N with tert-alkyl or cyclic N) is 1. The van der Waals surface area contributed by atoms with E-state index in [4.69, 9.17) is 4.84 Å². The molecule has 0 bridgehead atoms. The smallest absolute Gasteiger partial charge is 0.267 e. The number of aryl methyl sites for hydroxylation is 2. The average Bonchev–Trinajstić information content (AvgIpc) is 3.21. The van der Waals surface area contributed by atoms with Gasteiger partial charge in [-0.15, -0.1) is 0 Å². The molecule has 1 saturated heterocycles. The molecule has 1 atom stereocenters. The molecule has 2 aliphatic heterocycles. The summed E-state index contributed by atoms with van der Waals surface area (Å²) in [6.45, 7) is 2.46. The van der Waals surface area contributed by atoms with Crippen LogP contribution >= 0.6 is 0 Å². The molecule has 7 nitrogen and oxygen atoms in total. The maximum absolute atomic E-state index is 12.6. The van der Waals surface area contributed by atoms with Gasteiger partial charge in [-0.3, -0.25) is 4.79 Å². The number of carbonyl (C=O) groups excluding carboxylic acids is 1. The normalized spacial score (nSPS) is 21.5. The number of amides is 1. The van der Waals surface area contributed by atoms with Gasteiger partial charge in [0.25, 0.3) is 5.91 Å². The van der Waals surface area contributed by atoms with Gasteiger partial charge in [-0.2, -0.15) is 0 Å². The van der Waals surface area contributed by atoms with Gasteiger partial charge in [0.2, 0.25) is 6.10 Å². The molecule has 1 aromatic carbocycles. The lowest BCUT2D eigenvalue weighted by Crippen LogP contribution is -2.63. The Kier molecular flexibility index (Phi) is 3.61. The lowest BCUT2D eigenvalue weighted by molar-refractivity contribution is -0.168. The fourth-order valence-corrected chi connectivity index (χ4v) is 3.33. The van der Waals surface area contributed by atoms with Crippen molar-refractivity contribution < 1.29 is 14.7 Å². The number of hydrogen-bond acceptors (Lipinski definition) is 5. The minimum Gasteiger partial charge on any atom is -0.382 e. The maximum Gasteiger partial charge on any atom is 0.267 e. The summed E-state index contributed by atoms with van der Waals surface area (Å²) >= 11 is 0. The molecule has 1 amide bonds. The third-order valence-electron chi connectivity index (χ3n) is 4.78. The lowest BCUT2D eigenvalue weighted by Gasteiger charge is -2.46. The average molecular weight is 340 g/mol. The van der Waals surface area contributed by atoms with Crippen molar-refractivity contribution in [2.75, 3.05) is 13.1 Å². The zero-order valence-electron chi connectivity index (χ0n) is 14.2. The fourth-order valence-electron chi connectivity index (χ4n) is 3.33. The van der Waals surface area contributed by atoms with Gasteiger partial charge < -0.3 is 19.4 Å². The van der Waals surface area contributed by atoms with Crippen molar-refractivity contribution in [1.29, 1.82) is 0 Å². The van der Waals surface area contributed by atoms with Crippen molar-refractivity contribution in [2.24, 2.45) is 12.2 Å². The van der Waals surface area contributed by atoms with Crippen LogP contribution in [0, 0.1) is 6.92 Å². The summed E-state index contributed by atoms with van der Waals surface area (Å²) in [6.07, 6.45) is 3.24. The summed E-state index contributed by atoms with van der Waals surface area (Å²) in [6, 6.07) is 7.98. The second-order valence-electron chi connectivity index (χ2n) is 6.79. The summed E-state index contributed by atoms with van der Waals surface area (Å²) in [5, 5.41) is 14.7. The first-order valence-electron chi connectivity index (χ1n) is 8.25. The fraction of sp³-hybridized carbons (Fsp3) is 0.389. The van der Waals surface area contributed by atoms with Crippen LogP contribution in [0.15, 0.2) is 41.8 Å². The van der Waals surface area contributed by atoms with Crippen LogP contribution in [0.5, 0.6) is 0 Å². The van der Waals surface area contributed by atoms with E-state index >= 15 is 0 Å². The van der Waals surface area contributed by atoms with E-state index in [1.807, 2.05) is 38.2 Å². The SMILES string of the molecule is Cc1ccc(C2=NOC(C(=O)N3CC(O)(c4nccn4C)C3)C2)cc1. The van der Waals surface area contributed by atoms with Gasteiger partial charge in [0.1, 0.15) is 5.82 Å². The minimum atomic E-state index is -1.09. The van der Waals surface area contributed by atoms with E-state index in [9.17, 15) is 9.90 Å². The molecule has 3 heterocycles. The highest BCUT2D eigenvalue weighted by Crippen LogP contribution is 2.32. The summed E-state index contributed by atoms with van der Waals surface area (Å²) in [5.74, 6) is 0.422. The Morgan fingerprint density at radius 2 is 2.04 bits per heavy atom. The first kappa shape index (κ1) is 15.8. The molecule has 0 radical (unpaired) electrons. The quantitative estimate of drug-likeness (QED) is 0.902. The molecule has 25 heavy (non-hydrogen) atoms. The van der Waals surface area contributed by atoms with Gasteiger partial charge >= 0.3 is 0 Å². The molecule has 0 spiro atoms. The predicted octanol–water partition coefficient (Wildman–Crippen LogP) is 0.952. The van der Waals surface area contributed by atoms with Crippen LogP contribution in [0.4, 0.5) is 0 Å². The Labute approximate surface area is 145 Å². The number of aliphatic hydroxyl groups is 1. The topological polar surface area (TPSA) is 79.9 Å². The number of benzene rings is 1. The summed E-state index contributed by atoms with van der Waals surface area (Å²) < 4.78 is 1.77. The van der Waals surface area contributed by atoms with Crippen molar-refractivity contribution in [3.63, 3.8) is 0 Å². The van der Waals surface area contributed by atoms with Crippen molar-refractivity contribution in [3.8, 4) is 0 Å². The Balaban J connectivity index is 1.38. The van der Waals surface area contributed by atoms with Crippen LogP contribution in [0.3, 0.4) is 0 Å². The standard InChI is InChI=1S/C18H20N4O3/c1-12-3-5-13(6-4-12)14-9-15(25-20-14)16(23)22-10-18(24,11-22)17-19-7-8-21(17)2/h3-8,15,24H,9-11H2,1-2H3. The number of hydrogen-bond donors (Lipinski definition) is 1. The Hall–Kier alpha value is -2.67. The van der Waals surface area contributed by atoms with Crippen LogP contribution in [-0.2, 0) is 22.3 Å². The van der Waals surface area contributed by atoms with Crippen LogP contribution in [0.2, 0.25) is 0 Å². The zero-order chi connectivity index (χ0) is 17.6. The number of aromatic nitrogens is 2. The van der Waals surface area contributed by atoms with E-state index in [0.29, 0.717) is 12.2 Å². The van der Waals surface area contributed by atoms with Gasteiger partial charge in [-0.1, -0.05) is 35.0 Å². The van der Waals surface area contributed by atoms with Crippen LogP contribution in [-0.4, -0.2) is 50.4 Å². The maximum atomic E-state index is 12.6. The molecule has 2 aliphatic rings. The molecule has 4 rings (SSSR count). The molecule has 130 valence electrons. The molecular formula is C18H20N4O3. The van der Waals surface area contributed by atoms with Crippen LogP contribution < -0.4 is 0 Å². The number of imidazole rings is 1. The first-order valence-corrected chi connectivity index (χ1v) is 8.25. The summed E-state index contributed by atoms with van der Waals surface area (Å²) in [5.41, 5.74) is 1.82. The third-order valence-corrected chi connectivity index (χ3v) is 4.78. The van der Waals surface area contributed by atoms with Gasteiger partial charge in [-0.05, 0) is 12.5 Å².